The van der Waals surface area contributed by atoms with E-state index < -0.39 is 131 Å². The van der Waals surface area contributed by atoms with Gasteiger partial charge < -0.3 is 59.7 Å². The molecule has 0 spiro atoms. The molecule has 20 heteroatoms. The highest BCUT2D eigenvalue weighted by atomic mass is 16.7. The van der Waals surface area contributed by atoms with Gasteiger partial charge in [0.2, 0.25) is 12.0 Å². The summed E-state index contributed by atoms with van der Waals surface area (Å²) in [5.74, 6) is -7.47. The van der Waals surface area contributed by atoms with Crippen molar-refractivity contribution in [3.8, 4) is 0 Å². The number of Topliss-reactive ketones (excluding diaryl/α,β-unsaturated/α-hetero) is 1. The van der Waals surface area contributed by atoms with Gasteiger partial charge in [-0.15, -0.1) is 0 Å². The predicted octanol–water partition coefficient (Wildman–Crippen LogP) is 6.41. The molecule has 8 rings (SSSR count). The second kappa shape index (κ2) is 23.7. The van der Waals surface area contributed by atoms with Crippen LogP contribution in [0.5, 0.6) is 0 Å². The van der Waals surface area contributed by atoms with E-state index in [1.807, 2.05) is 13.8 Å². The number of ketones is 1. The molecule has 12 unspecified atom stereocenters. The van der Waals surface area contributed by atoms with Crippen LogP contribution in [0.1, 0.15) is 113 Å². The van der Waals surface area contributed by atoms with Gasteiger partial charge in [0.1, 0.15) is 36.6 Å². The Bertz CT molecular complexity index is 3060. The fraction of sp³-hybridized carbons (Fsp3) is 0.443. The molecule has 4 aromatic carbocycles. The highest BCUT2D eigenvalue weighted by Gasteiger charge is 2.78. The lowest BCUT2D eigenvalue weighted by Gasteiger charge is -2.67. The van der Waals surface area contributed by atoms with Crippen molar-refractivity contribution in [3.05, 3.63) is 149 Å². The molecule has 1 heterocycles. The third-order valence-electron chi connectivity index (χ3n) is 16.3. The SMILES string of the molecule is CC(=O)OC1C(=O)C2(C)C(O)CC3OCC3(OC(C)=O)C2C(OC(=O)c2ccccc2)C2(O)CC(OC(=O)C(OC(=O)OCc3ccc(NC(=O)C(N)CC(C)C)cc3)C(NC(=O)c3ccccc3)c3ccccc3)C(C)=C1C2(C)C. The molecular weight excluding hydrogens is 1050 g/mol. The standard InChI is InChI=1S/C61H69N3O17/c1-33(2)28-42(62)54(70)63-41-26-24-37(25-27-41)31-75-57(73)79-49(47(38-18-12-9-13-19-38)64-53(69)39-20-14-10-15-21-39)56(72)78-43-30-61(74)52(80-55(71)40-22-16-11-17-23-40)50-59(8,44(67)29-45-60(50,32-76-45)81-36(5)66)51(68)48(77-35(4)65)46(34(43)3)58(61,6)7/h9-27,33,42-45,47-50,52,67,74H,28-32,62H2,1-8H3,(H,63,70)(H,64,69). The zero-order valence-corrected chi connectivity index (χ0v) is 46.4. The van der Waals surface area contributed by atoms with E-state index in [9.17, 15) is 39.0 Å². The van der Waals surface area contributed by atoms with Crippen molar-refractivity contribution in [1.82, 2.24) is 5.32 Å². The monoisotopic (exact) mass is 1120 g/mol. The summed E-state index contributed by atoms with van der Waals surface area (Å²) in [6.45, 7) is 11.3. The van der Waals surface area contributed by atoms with Crippen LogP contribution in [-0.2, 0) is 63.7 Å². The van der Waals surface area contributed by atoms with Gasteiger partial charge in [0, 0.05) is 43.4 Å². The number of nitrogens with one attached hydrogen (secondary N) is 2. The van der Waals surface area contributed by atoms with E-state index >= 15 is 9.59 Å². The Hall–Kier alpha value is -7.78. The molecule has 3 aliphatic carbocycles. The van der Waals surface area contributed by atoms with Gasteiger partial charge >= 0.3 is 30.0 Å². The summed E-state index contributed by atoms with van der Waals surface area (Å²) >= 11 is 0. The lowest BCUT2D eigenvalue weighted by molar-refractivity contribution is -0.346. The maximum absolute atomic E-state index is 15.8. The molecule has 2 amide bonds. The van der Waals surface area contributed by atoms with Crippen LogP contribution < -0.4 is 16.4 Å². The highest BCUT2D eigenvalue weighted by Crippen LogP contribution is 2.64. The van der Waals surface area contributed by atoms with Crippen molar-refractivity contribution >= 4 is 53.3 Å². The van der Waals surface area contributed by atoms with Crippen LogP contribution in [0.15, 0.2) is 126 Å². The van der Waals surface area contributed by atoms with Crippen molar-refractivity contribution in [3.63, 3.8) is 0 Å². The lowest BCUT2D eigenvalue weighted by Crippen LogP contribution is -2.82. The molecule has 6 N–H and O–H groups in total. The number of hydrogen-bond donors (Lipinski definition) is 5. The number of hydrogen-bond acceptors (Lipinski definition) is 18. The molecule has 81 heavy (non-hydrogen) atoms. The minimum absolute atomic E-state index is 0.0245. The quantitative estimate of drug-likeness (QED) is 0.0434. The molecule has 12 atom stereocenters. The summed E-state index contributed by atoms with van der Waals surface area (Å²) in [5.41, 5.74) is -0.844. The third kappa shape index (κ3) is 11.7. The molecule has 1 aliphatic heterocycles. The van der Waals surface area contributed by atoms with Gasteiger partial charge in [0.25, 0.3) is 5.91 Å². The molecule has 4 aliphatic rings. The van der Waals surface area contributed by atoms with Crippen molar-refractivity contribution in [2.45, 2.75) is 141 Å². The first kappa shape index (κ1) is 59.3. The first-order valence-corrected chi connectivity index (χ1v) is 26.8. The Balaban J connectivity index is 1.22. The lowest BCUT2D eigenvalue weighted by atomic mass is 9.44. The van der Waals surface area contributed by atoms with Gasteiger partial charge in [-0.1, -0.05) is 107 Å². The number of carbonyl (C=O) groups is 8. The maximum Gasteiger partial charge on any atom is 0.509 e. The molecule has 3 fully saturated rings. The summed E-state index contributed by atoms with van der Waals surface area (Å²) < 4.78 is 42.4. The molecular formula is C61H69N3O17. The van der Waals surface area contributed by atoms with Gasteiger partial charge in [-0.25, -0.2) is 14.4 Å². The summed E-state index contributed by atoms with van der Waals surface area (Å²) in [5, 5.41) is 31.9. The zero-order valence-electron chi connectivity index (χ0n) is 46.4. The Labute approximate surface area is 469 Å². The fourth-order valence-corrected chi connectivity index (χ4v) is 12.1. The molecule has 20 nitrogen and oxygen atoms in total. The van der Waals surface area contributed by atoms with Gasteiger partial charge in [-0.2, -0.15) is 0 Å². The van der Waals surface area contributed by atoms with Crippen molar-refractivity contribution in [1.29, 1.82) is 0 Å². The van der Waals surface area contributed by atoms with Crippen molar-refractivity contribution in [2.75, 3.05) is 11.9 Å². The van der Waals surface area contributed by atoms with Crippen molar-refractivity contribution in [2.24, 2.45) is 28.4 Å². The van der Waals surface area contributed by atoms with E-state index in [0.717, 1.165) is 13.8 Å². The molecule has 0 radical (unpaired) electrons. The molecule has 1 saturated heterocycles. The molecule has 0 aromatic heterocycles. The number of benzene rings is 4. The molecule has 430 valence electrons. The molecule has 2 saturated carbocycles. The minimum atomic E-state index is -2.51. The maximum atomic E-state index is 15.8. The van der Waals surface area contributed by atoms with E-state index in [2.05, 4.69) is 10.6 Å². The topological polar surface area (TPSA) is 292 Å². The summed E-state index contributed by atoms with van der Waals surface area (Å²) in [7, 11) is 0. The number of ether oxygens (including phenoxy) is 7. The first-order chi connectivity index (χ1) is 38.3. The van der Waals surface area contributed by atoms with Gasteiger partial charge in [0.05, 0.1) is 35.6 Å². The highest BCUT2D eigenvalue weighted by molar-refractivity contribution is 5.97. The second-order valence-electron chi connectivity index (χ2n) is 22.4. The van der Waals surface area contributed by atoms with E-state index in [1.165, 1.54) is 52.0 Å². The van der Waals surface area contributed by atoms with Crippen LogP contribution in [0.25, 0.3) is 0 Å². The summed E-state index contributed by atoms with van der Waals surface area (Å²) in [4.78, 5) is 113. The smallest absolute Gasteiger partial charge is 0.455 e. The van der Waals surface area contributed by atoms with Gasteiger partial charge in [0.15, 0.2) is 17.5 Å². The number of anilines is 1. The van der Waals surface area contributed by atoms with E-state index in [1.54, 1.807) is 91.0 Å². The van der Waals surface area contributed by atoms with E-state index in [4.69, 9.17) is 38.9 Å². The predicted molar refractivity (Wildman–Crippen MR) is 289 cm³/mol. The first-order valence-electron chi connectivity index (χ1n) is 26.8. The fourth-order valence-electron chi connectivity index (χ4n) is 12.1. The number of fused-ring (bicyclic) bond motifs is 5. The number of amides is 2. The largest absolute Gasteiger partial charge is 0.509 e. The minimum Gasteiger partial charge on any atom is -0.455 e. The Morgan fingerprint density at radius 1 is 0.802 bits per heavy atom. The van der Waals surface area contributed by atoms with Crippen LogP contribution in [-0.4, -0.2) is 118 Å². The number of aliphatic hydroxyl groups excluding tert-OH is 1. The van der Waals surface area contributed by atoms with Crippen LogP contribution >= 0.6 is 0 Å². The second-order valence-corrected chi connectivity index (χ2v) is 22.4. The van der Waals surface area contributed by atoms with Crippen LogP contribution in [0, 0.1) is 22.7 Å². The molecule has 4 aromatic rings. The molecule has 2 bridgehead atoms. The Kier molecular flexibility index (Phi) is 17.4. The number of carbonyl (C=O) groups excluding carboxylic acids is 8. The third-order valence-corrected chi connectivity index (χ3v) is 16.3. The van der Waals surface area contributed by atoms with E-state index in [-0.39, 0.29) is 52.7 Å². The number of esters is 4. The van der Waals surface area contributed by atoms with Crippen LogP contribution in [0.4, 0.5) is 10.5 Å². The Morgan fingerprint density at radius 3 is 1.98 bits per heavy atom. The van der Waals surface area contributed by atoms with E-state index in [0.29, 0.717) is 17.7 Å². The number of nitrogens with two attached hydrogens (primary N) is 1. The number of rotatable bonds is 17. The zero-order chi connectivity index (χ0) is 58.8. The van der Waals surface area contributed by atoms with Crippen LogP contribution in [0.3, 0.4) is 0 Å². The average Bonchev–Trinajstić information content (AvgIpc) is 1.20. The van der Waals surface area contributed by atoms with Gasteiger partial charge in [-0.05, 0) is 84.9 Å². The number of aliphatic hydroxyl groups is 2. The van der Waals surface area contributed by atoms with Crippen LogP contribution in [0.2, 0.25) is 0 Å². The summed E-state index contributed by atoms with van der Waals surface area (Å²) in [6, 6.07) is 28.0. The summed E-state index contributed by atoms with van der Waals surface area (Å²) in [6.07, 6.45) is -12.1. The van der Waals surface area contributed by atoms with Gasteiger partial charge in [-0.3, -0.25) is 24.0 Å². The van der Waals surface area contributed by atoms with Crippen molar-refractivity contribution < 1.29 is 81.7 Å². The normalized spacial score (nSPS) is 27.4. The average molecular weight is 1120 g/mol. The Morgan fingerprint density at radius 2 is 1.41 bits per heavy atom.